The fraction of sp³-hybridized carbons (Fsp3) is 0.882. The summed E-state index contributed by atoms with van der Waals surface area (Å²) in [5.41, 5.74) is 0. The van der Waals surface area contributed by atoms with Crippen LogP contribution in [0.1, 0.15) is 187 Å². The summed E-state index contributed by atoms with van der Waals surface area (Å²) in [6.45, 7) is 2.84. The van der Waals surface area contributed by atoms with Gasteiger partial charge in [-0.05, 0) is 38.5 Å². The molecule has 0 aliphatic carbocycles. The molecule has 0 amide bonds. The van der Waals surface area contributed by atoms with Gasteiger partial charge in [0.05, 0.1) is 6.61 Å². The van der Waals surface area contributed by atoms with Crippen molar-refractivity contribution in [3.8, 4) is 0 Å². The Morgan fingerprint density at radius 1 is 0.500 bits per heavy atom. The van der Waals surface area contributed by atoms with Gasteiger partial charge in [0, 0.05) is 12.8 Å². The lowest BCUT2D eigenvalue weighted by atomic mass is 10.0. The van der Waals surface area contributed by atoms with E-state index in [2.05, 4.69) is 19.1 Å². The van der Waals surface area contributed by atoms with Gasteiger partial charge in [-0.1, -0.05) is 147 Å². The van der Waals surface area contributed by atoms with Crippen molar-refractivity contribution in [3.63, 3.8) is 0 Å². The topological polar surface area (TPSA) is 63.6 Å². The second-order valence-corrected chi connectivity index (χ2v) is 11.3. The van der Waals surface area contributed by atoms with Gasteiger partial charge in [0.1, 0.15) is 0 Å². The summed E-state index contributed by atoms with van der Waals surface area (Å²) in [7, 11) is 0. The molecule has 0 aromatic carbocycles. The average molecular weight is 537 g/mol. The zero-order valence-corrected chi connectivity index (χ0v) is 25.3. The molecule has 0 saturated carbocycles. The van der Waals surface area contributed by atoms with E-state index in [1.165, 1.54) is 135 Å². The summed E-state index contributed by atoms with van der Waals surface area (Å²) in [6, 6.07) is 0. The number of allylic oxidation sites excluding steroid dienone is 2. The highest BCUT2D eigenvalue weighted by Crippen LogP contribution is 2.15. The Bertz CT molecular complexity index is 529. The largest absolute Gasteiger partial charge is 0.481 e. The van der Waals surface area contributed by atoms with Crippen molar-refractivity contribution in [2.75, 3.05) is 6.61 Å². The van der Waals surface area contributed by atoms with Crippen LogP contribution in [0, 0.1) is 0 Å². The van der Waals surface area contributed by atoms with Gasteiger partial charge < -0.3 is 9.84 Å². The molecule has 0 spiro atoms. The molecule has 38 heavy (non-hydrogen) atoms. The molecule has 4 heteroatoms. The minimum Gasteiger partial charge on any atom is -0.481 e. The number of hydrogen-bond acceptors (Lipinski definition) is 3. The molecule has 0 unspecified atom stereocenters. The quantitative estimate of drug-likeness (QED) is 0.0543. The molecular weight excluding hydrogens is 472 g/mol. The number of carbonyl (C=O) groups excluding carboxylic acids is 1. The first-order chi connectivity index (χ1) is 18.7. The van der Waals surface area contributed by atoms with E-state index in [-0.39, 0.29) is 5.97 Å². The van der Waals surface area contributed by atoms with Gasteiger partial charge >= 0.3 is 11.9 Å². The fourth-order valence-corrected chi connectivity index (χ4v) is 4.91. The zero-order valence-electron chi connectivity index (χ0n) is 25.3. The van der Waals surface area contributed by atoms with E-state index in [0.29, 0.717) is 19.4 Å². The van der Waals surface area contributed by atoms with E-state index in [1.54, 1.807) is 0 Å². The minimum atomic E-state index is -0.664. The predicted octanol–water partition coefficient (Wildman–Crippen LogP) is 11.1. The molecule has 0 atom stereocenters. The number of aliphatic carboxylic acids is 1. The third-order valence-corrected chi connectivity index (χ3v) is 7.44. The number of unbranched alkanes of at least 4 members (excludes halogenated alkanes) is 23. The van der Waals surface area contributed by atoms with E-state index in [4.69, 9.17) is 9.84 Å². The minimum absolute atomic E-state index is 0.00293. The molecule has 0 aromatic rings. The van der Waals surface area contributed by atoms with E-state index >= 15 is 0 Å². The smallest absolute Gasteiger partial charge is 0.305 e. The summed E-state index contributed by atoms with van der Waals surface area (Å²) in [5.74, 6) is -0.667. The molecule has 0 aromatic heterocycles. The van der Waals surface area contributed by atoms with Gasteiger partial charge in [0.25, 0.3) is 0 Å². The molecule has 4 nitrogen and oxygen atoms in total. The van der Waals surface area contributed by atoms with Crippen LogP contribution in [0.2, 0.25) is 0 Å². The molecule has 0 aliphatic heterocycles. The summed E-state index contributed by atoms with van der Waals surface area (Å²) < 4.78 is 5.40. The van der Waals surface area contributed by atoms with Crippen molar-refractivity contribution in [2.45, 2.75) is 187 Å². The van der Waals surface area contributed by atoms with Crippen LogP contribution < -0.4 is 0 Å². The molecule has 0 bridgehead atoms. The number of hydrogen-bond donors (Lipinski definition) is 1. The van der Waals surface area contributed by atoms with Crippen LogP contribution in [0.4, 0.5) is 0 Å². The predicted molar refractivity (Wildman–Crippen MR) is 163 cm³/mol. The van der Waals surface area contributed by atoms with Crippen LogP contribution in [0.5, 0.6) is 0 Å². The zero-order chi connectivity index (χ0) is 27.8. The van der Waals surface area contributed by atoms with E-state index < -0.39 is 5.97 Å². The van der Waals surface area contributed by atoms with E-state index in [9.17, 15) is 9.59 Å². The molecular formula is C34H64O4. The molecule has 0 radical (unpaired) electrons. The lowest BCUT2D eigenvalue weighted by Gasteiger charge is -2.05. The SMILES string of the molecule is CCCC/C=C\CCCCCCCC(=O)OCCCCCCCCCCCCCCCCCCCC(=O)O. The maximum Gasteiger partial charge on any atom is 0.305 e. The van der Waals surface area contributed by atoms with Crippen molar-refractivity contribution >= 4 is 11.9 Å². The monoisotopic (exact) mass is 536 g/mol. The molecule has 0 saturated heterocycles. The van der Waals surface area contributed by atoms with E-state index in [1.807, 2.05) is 0 Å². The van der Waals surface area contributed by atoms with Crippen LogP contribution in [0.25, 0.3) is 0 Å². The number of carboxylic acid groups (broad SMARTS) is 1. The lowest BCUT2D eigenvalue weighted by Crippen LogP contribution is -2.05. The highest BCUT2D eigenvalue weighted by atomic mass is 16.5. The fourth-order valence-electron chi connectivity index (χ4n) is 4.91. The third kappa shape index (κ3) is 32.7. The molecule has 0 rings (SSSR count). The number of ether oxygens (including phenoxy) is 1. The Kier molecular flexibility index (Phi) is 30.8. The lowest BCUT2D eigenvalue weighted by molar-refractivity contribution is -0.144. The van der Waals surface area contributed by atoms with Gasteiger partial charge in [-0.25, -0.2) is 0 Å². The maximum absolute atomic E-state index is 11.9. The number of esters is 1. The second-order valence-electron chi connectivity index (χ2n) is 11.3. The Morgan fingerprint density at radius 2 is 0.868 bits per heavy atom. The number of rotatable bonds is 31. The van der Waals surface area contributed by atoms with Gasteiger partial charge in [0.15, 0.2) is 0 Å². The van der Waals surface area contributed by atoms with Crippen molar-refractivity contribution in [1.29, 1.82) is 0 Å². The molecule has 0 heterocycles. The molecule has 224 valence electrons. The summed E-state index contributed by atoms with van der Waals surface area (Å²) in [5, 5.41) is 8.62. The highest BCUT2D eigenvalue weighted by molar-refractivity contribution is 5.69. The summed E-state index contributed by atoms with van der Waals surface area (Å²) in [6.07, 6.45) is 37.8. The number of carbonyl (C=O) groups is 2. The Morgan fingerprint density at radius 3 is 1.32 bits per heavy atom. The Hall–Kier alpha value is -1.32. The van der Waals surface area contributed by atoms with Crippen molar-refractivity contribution in [1.82, 2.24) is 0 Å². The van der Waals surface area contributed by atoms with Crippen molar-refractivity contribution in [3.05, 3.63) is 12.2 Å². The molecule has 1 N–H and O–H groups in total. The van der Waals surface area contributed by atoms with Crippen LogP contribution in [0.3, 0.4) is 0 Å². The van der Waals surface area contributed by atoms with Gasteiger partial charge in [0.2, 0.25) is 0 Å². The highest BCUT2D eigenvalue weighted by Gasteiger charge is 2.02. The third-order valence-electron chi connectivity index (χ3n) is 7.44. The maximum atomic E-state index is 11.9. The first kappa shape index (κ1) is 36.7. The van der Waals surface area contributed by atoms with Crippen molar-refractivity contribution < 1.29 is 19.4 Å². The molecule has 0 aliphatic rings. The normalized spacial score (nSPS) is 11.4. The van der Waals surface area contributed by atoms with Gasteiger partial charge in [-0.3, -0.25) is 9.59 Å². The average Bonchev–Trinajstić information content (AvgIpc) is 2.90. The standard InChI is InChI=1S/C34H64O4/c1-2-3-4-5-6-7-15-19-22-25-28-31-34(37)38-32-29-26-23-20-17-14-12-10-8-9-11-13-16-18-21-24-27-30-33(35)36/h5-6H,2-4,7-32H2,1H3,(H,35,36)/b6-5-. The second kappa shape index (κ2) is 31.9. The van der Waals surface area contributed by atoms with Gasteiger partial charge in [-0.2, -0.15) is 0 Å². The van der Waals surface area contributed by atoms with Gasteiger partial charge in [-0.15, -0.1) is 0 Å². The van der Waals surface area contributed by atoms with Crippen LogP contribution in [-0.2, 0) is 14.3 Å². The summed E-state index contributed by atoms with van der Waals surface area (Å²) >= 11 is 0. The van der Waals surface area contributed by atoms with Crippen LogP contribution in [0.15, 0.2) is 12.2 Å². The van der Waals surface area contributed by atoms with Crippen molar-refractivity contribution in [2.24, 2.45) is 0 Å². The van der Waals surface area contributed by atoms with Crippen LogP contribution in [-0.4, -0.2) is 23.7 Å². The van der Waals surface area contributed by atoms with E-state index in [0.717, 1.165) is 32.1 Å². The first-order valence-electron chi connectivity index (χ1n) is 16.7. The first-order valence-corrected chi connectivity index (χ1v) is 16.7. The number of carboxylic acids is 1. The Balaban J connectivity index is 3.16. The Labute approximate surface area is 236 Å². The molecule has 0 fully saturated rings. The van der Waals surface area contributed by atoms with Crippen LogP contribution >= 0.6 is 0 Å². The summed E-state index contributed by atoms with van der Waals surface area (Å²) in [4.78, 5) is 22.3.